The van der Waals surface area contributed by atoms with Crippen LogP contribution < -0.4 is 14.4 Å². The van der Waals surface area contributed by atoms with Crippen molar-refractivity contribution in [1.82, 2.24) is 10.2 Å². The number of anilines is 1. The molecule has 0 aliphatic carbocycles. The number of hydrogen-bond donors (Lipinski definition) is 1. The lowest BCUT2D eigenvalue weighted by atomic mass is 10.0. The average Bonchev–Trinajstić information content (AvgIpc) is 3.06. The van der Waals surface area contributed by atoms with Crippen molar-refractivity contribution in [3.63, 3.8) is 0 Å². The van der Waals surface area contributed by atoms with E-state index in [2.05, 4.69) is 21.2 Å². The lowest BCUT2D eigenvalue weighted by Crippen LogP contribution is -2.53. The first-order valence-corrected chi connectivity index (χ1v) is 18.4. The first kappa shape index (κ1) is 37.3. The van der Waals surface area contributed by atoms with Crippen LogP contribution >= 0.6 is 39.1 Å². The van der Waals surface area contributed by atoms with E-state index < -0.39 is 28.5 Å². The van der Waals surface area contributed by atoms with Gasteiger partial charge in [0, 0.05) is 24.0 Å². The summed E-state index contributed by atoms with van der Waals surface area (Å²) in [5.74, 6) is -0.225. The number of sulfonamides is 1. The van der Waals surface area contributed by atoms with Crippen molar-refractivity contribution in [2.75, 3.05) is 24.0 Å². The van der Waals surface area contributed by atoms with E-state index in [-0.39, 0.29) is 35.4 Å². The molecule has 0 aliphatic rings. The zero-order valence-electron chi connectivity index (χ0n) is 26.9. The van der Waals surface area contributed by atoms with Crippen molar-refractivity contribution in [2.24, 2.45) is 5.92 Å². The number of carbonyl (C=O) groups is 2. The highest BCUT2D eigenvalue weighted by Gasteiger charge is 2.34. The Hall–Kier alpha value is -3.57. The lowest BCUT2D eigenvalue weighted by molar-refractivity contribution is -0.140. The highest BCUT2D eigenvalue weighted by molar-refractivity contribution is 9.10. The molecule has 1 atom stereocenters. The molecule has 2 amide bonds. The molecule has 0 radical (unpaired) electrons. The average molecular weight is 776 g/mol. The monoisotopic (exact) mass is 773 g/mol. The van der Waals surface area contributed by atoms with Crippen LogP contribution in [0.25, 0.3) is 0 Å². The zero-order chi connectivity index (χ0) is 34.8. The van der Waals surface area contributed by atoms with Crippen LogP contribution in [0.4, 0.5) is 5.69 Å². The number of nitrogens with zero attached hydrogens (tertiary/aromatic N) is 2. The summed E-state index contributed by atoms with van der Waals surface area (Å²) in [6, 6.07) is 26.0. The standard InChI is InChI=1S/C36H38BrCl2N3O5S/c1-4-47-30-15-13-29(14-16-30)42(48(45,46)31-17-11-28(37)12-18-31)24-35(43)41(23-27-10-19-32(38)33(39)20-27)34(36(44)40-22-25(2)3)21-26-8-6-5-7-9-26/h5-20,25,34H,4,21-24H2,1-3H3,(H,40,44). The minimum absolute atomic E-state index is 0.000991. The Kier molecular flexibility index (Phi) is 13.3. The highest BCUT2D eigenvalue weighted by Crippen LogP contribution is 2.29. The fourth-order valence-corrected chi connectivity index (χ4v) is 6.95. The maximum absolute atomic E-state index is 14.6. The van der Waals surface area contributed by atoms with Crippen molar-refractivity contribution < 1.29 is 22.7 Å². The number of nitrogens with one attached hydrogen (secondary N) is 1. The summed E-state index contributed by atoms with van der Waals surface area (Å²) in [6.45, 7) is 6.02. The molecule has 0 aromatic heterocycles. The number of amides is 2. The fraction of sp³-hybridized carbons (Fsp3) is 0.278. The van der Waals surface area contributed by atoms with Crippen LogP contribution in [-0.2, 0) is 32.6 Å². The first-order chi connectivity index (χ1) is 22.9. The second-order valence-electron chi connectivity index (χ2n) is 11.5. The third-order valence-corrected chi connectivity index (χ3v) is 10.5. The predicted molar refractivity (Wildman–Crippen MR) is 195 cm³/mol. The number of benzene rings is 4. The van der Waals surface area contributed by atoms with Crippen molar-refractivity contribution in [3.05, 3.63) is 123 Å². The van der Waals surface area contributed by atoms with Gasteiger partial charge in [0.25, 0.3) is 10.0 Å². The molecule has 0 bridgehead atoms. The molecule has 48 heavy (non-hydrogen) atoms. The number of ether oxygens (including phenoxy) is 1. The van der Waals surface area contributed by atoms with Crippen LogP contribution in [0.15, 0.2) is 106 Å². The molecule has 12 heteroatoms. The van der Waals surface area contributed by atoms with Gasteiger partial charge in [-0.15, -0.1) is 0 Å². The normalized spacial score (nSPS) is 12.0. The van der Waals surface area contributed by atoms with E-state index >= 15 is 0 Å². The van der Waals surface area contributed by atoms with E-state index in [0.717, 1.165) is 9.87 Å². The van der Waals surface area contributed by atoms with Crippen LogP contribution in [0, 0.1) is 5.92 Å². The van der Waals surface area contributed by atoms with Gasteiger partial charge in [0.2, 0.25) is 11.8 Å². The Labute approximate surface area is 301 Å². The largest absolute Gasteiger partial charge is 0.494 e. The molecule has 1 unspecified atom stereocenters. The lowest BCUT2D eigenvalue weighted by Gasteiger charge is -2.34. The second kappa shape index (κ2) is 17.2. The Morgan fingerprint density at radius 2 is 1.54 bits per heavy atom. The zero-order valence-corrected chi connectivity index (χ0v) is 30.8. The molecule has 0 heterocycles. The van der Waals surface area contributed by atoms with Crippen LogP contribution in [0.5, 0.6) is 5.75 Å². The Morgan fingerprint density at radius 1 is 0.875 bits per heavy atom. The summed E-state index contributed by atoms with van der Waals surface area (Å²) in [5, 5.41) is 3.61. The van der Waals surface area contributed by atoms with Crippen LogP contribution in [-0.4, -0.2) is 50.9 Å². The second-order valence-corrected chi connectivity index (χ2v) is 15.1. The van der Waals surface area contributed by atoms with E-state index in [0.29, 0.717) is 39.0 Å². The molecule has 4 rings (SSSR count). The molecule has 0 aliphatic heterocycles. The van der Waals surface area contributed by atoms with Crippen LogP contribution in [0.1, 0.15) is 31.9 Å². The van der Waals surface area contributed by atoms with Crippen molar-refractivity contribution in [3.8, 4) is 5.75 Å². The van der Waals surface area contributed by atoms with E-state index in [1.807, 2.05) is 51.1 Å². The van der Waals surface area contributed by atoms with Gasteiger partial charge < -0.3 is 15.0 Å². The minimum atomic E-state index is -4.25. The summed E-state index contributed by atoms with van der Waals surface area (Å²) in [6.07, 6.45) is 0.195. The van der Waals surface area contributed by atoms with E-state index in [1.165, 1.54) is 17.0 Å². The van der Waals surface area contributed by atoms with Crippen LogP contribution in [0.2, 0.25) is 10.0 Å². The maximum atomic E-state index is 14.6. The maximum Gasteiger partial charge on any atom is 0.264 e. The molecule has 254 valence electrons. The summed E-state index contributed by atoms with van der Waals surface area (Å²) >= 11 is 15.9. The van der Waals surface area contributed by atoms with E-state index in [1.54, 1.807) is 54.6 Å². The number of hydrogen-bond acceptors (Lipinski definition) is 5. The van der Waals surface area contributed by atoms with Gasteiger partial charge >= 0.3 is 0 Å². The molecular formula is C36H38BrCl2N3O5S. The van der Waals surface area contributed by atoms with Gasteiger partial charge in [-0.3, -0.25) is 13.9 Å². The topological polar surface area (TPSA) is 96.0 Å². The van der Waals surface area contributed by atoms with Gasteiger partial charge in [-0.25, -0.2) is 8.42 Å². The summed E-state index contributed by atoms with van der Waals surface area (Å²) in [5.41, 5.74) is 1.71. The Balaban J connectivity index is 1.81. The van der Waals surface area contributed by atoms with Gasteiger partial charge in [0.1, 0.15) is 18.3 Å². The molecule has 0 saturated heterocycles. The highest BCUT2D eigenvalue weighted by atomic mass is 79.9. The molecule has 0 fully saturated rings. The van der Waals surface area contributed by atoms with Gasteiger partial charge in [-0.05, 0) is 84.6 Å². The molecule has 0 saturated carbocycles. The first-order valence-electron chi connectivity index (χ1n) is 15.4. The van der Waals surface area contributed by atoms with Gasteiger partial charge in [0.15, 0.2) is 0 Å². The quantitative estimate of drug-likeness (QED) is 0.133. The third kappa shape index (κ3) is 9.98. The number of carbonyl (C=O) groups excluding carboxylic acids is 2. The molecule has 4 aromatic carbocycles. The Bertz CT molecular complexity index is 1790. The molecular weight excluding hydrogens is 737 g/mol. The predicted octanol–water partition coefficient (Wildman–Crippen LogP) is 7.76. The number of halogens is 3. The van der Waals surface area contributed by atoms with Crippen LogP contribution in [0.3, 0.4) is 0 Å². The van der Waals surface area contributed by atoms with Crippen molar-refractivity contribution in [2.45, 2.75) is 44.7 Å². The summed E-state index contributed by atoms with van der Waals surface area (Å²) in [4.78, 5) is 29.9. The van der Waals surface area contributed by atoms with Gasteiger partial charge in [0.05, 0.1) is 27.2 Å². The summed E-state index contributed by atoms with van der Waals surface area (Å²) in [7, 11) is -4.25. The Morgan fingerprint density at radius 3 is 2.15 bits per heavy atom. The molecule has 8 nitrogen and oxygen atoms in total. The molecule has 1 N–H and O–H groups in total. The van der Waals surface area contributed by atoms with E-state index in [4.69, 9.17) is 27.9 Å². The van der Waals surface area contributed by atoms with Gasteiger partial charge in [-0.2, -0.15) is 0 Å². The molecule has 0 spiro atoms. The van der Waals surface area contributed by atoms with E-state index in [9.17, 15) is 18.0 Å². The minimum Gasteiger partial charge on any atom is -0.494 e. The fourth-order valence-electron chi connectivity index (χ4n) is 4.95. The SMILES string of the molecule is CCOc1ccc(N(CC(=O)N(Cc2ccc(Cl)c(Cl)c2)C(Cc2ccccc2)C(=O)NCC(C)C)S(=O)(=O)c2ccc(Br)cc2)cc1. The van der Waals surface area contributed by atoms with Gasteiger partial charge in [-0.1, -0.05) is 89.4 Å². The third-order valence-electron chi connectivity index (χ3n) is 7.41. The van der Waals surface area contributed by atoms with Crippen molar-refractivity contribution in [1.29, 1.82) is 0 Å². The van der Waals surface area contributed by atoms with Crippen molar-refractivity contribution >= 4 is 66.7 Å². The molecule has 4 aromatic rings. The summed E-state index contributed by atoms with van der Waals surface area (Å²) < 4.78 is 35.8. The number of rotatable bonds is 15. The smallest absolute Gasteiger partial charge is 0.264 e.